The monoisotopic (exact) mass is 237 g/mol. The Labute approximate surface area is 99.4 Å². The largest absolute Gasteiger partial charge is 0.481 e. The third-order valence-electron chi connectivity index (χ3n) is 2.15. The van der Waals surface area contributed by atoms with Gasteiger partial charge < -0.3 is 15.2 Å². The van der Waals surface area contributed by atoms with E-state index in [4.69, 9.17) is 9.84 Å². The van der Waals surface area contributed by atoms with E-state index in [-0.39, 0.29) is 0 Å². The SMILES string of the molecule is C[C@H](NC(=O)[C@H](C)Oc1ccccc1)C(=O)O. The first-order chi connectivity index (χ1) is 8.00. The predicted molar refractivity (Wildman–Crippen MR) is 61.8 cm³/mol. The molecule has 17 heavy (non-hydrogen) atoms. The average molecular weight is 237 g/mol. The Morgan fingerprint density at radius 2 is 1.82 bits per heavy atom. The molecule has 1 aromatic rings. The molecule has 1 aromatic carbocycles. The molecule has 0 fully saturated rings. The molecule has 0 radical (unpaired) electrons. The highest BCUT2D eigenvalue weighted by Gasteiger charge is 2.19. The fourth-order valence-electron chi connectivity index (χ4n) is 1.15. The quantitative estimate of drug-likeness (QED) is 0.802. The normalized spacial score (nSPS) is 13.5. The number of nitrogens with one attached hydrogen (secondary N) is 1. The van der Waals surface area contributed by atoms with Gasteiger partial charge in [0.1, 0.15) is 11.8 Å². The van der Waals surface area contributed by atoms with E-state index < -0.39 is 24.0 Å². The highest BCUT2D eigenvalue weighted by atomic mass is 16.5. The maximum absolute atomic E-state index is 11.6. The molecule has 0 aliphatic rings. The van der Waals surface area contributed by atoms with Crippen molar-refractivity contribution in [1.29, 1.82) is 0 Å². The van der Waals surface area contributed by atoms with Crippen molar-refractivity contribution in [1.82, 2.24) is 5.32 Å². The van der Waals surface area contributed by atoms with Crippen molar-refractivity contribution < 1.29 is 19.4 Å². The Bertz CT molecular complexity index is 391. The van der Waals surface area contributed by atoms with Crippen LogP contribution in [-0.2, 0) is 9.59 Å². The number of carbonyl (C=O) groups is 2. The van der Waals surface area contributed by atoms with Gasteiger partial charge in [-0.15, -0.1) is 0 Å². The fraction of sp³-hybridized carbons (Fsp3) is 0.333. The standard InChI is InChI=1S/C12H15NO4/c1-8(12(15)16)13-11(14)9(2)17-10-6-4-3-5-7-10/h3-9H,1-2H3,(H,13,14)(H,15,16)/t8-,9-/m0/s1. The molecule has 5 nitrogen and oxygen atoms in total. The number of hydrogen-bond donors (Lipinski definition) is 2. The van der Waals surface area contributed by atoms with Crippen LogP contribution >= 0.6 is 0 Å². The van der Waals surface area contributed by atoms with Crippen LogP contribution < -0.4 is 10.1 Å². The van der Waals surface area contributed by atoms with Crippen LogP contribution in [0.2, 0.25) is 0 Å². The van der Waals surface area contributed by atoms with Crippen molar-refractivity contribution in [3.63, 3.8) is 0 Å². The summed E-state index contributed by atoms with van der Waals surface area (Å²) in [6.45, 7) is 2.96. The molecular formula is C12H15NO4. The summed E-state index contributed by atoms with van der Waals surface area (Å²) in [5, 5.41) is 11.0. The molecular weight excluding hydrogens is 222 g/mol. The Hall–Kier alpha value is -2.04. The van der Waals surface area contributed by atoms with Gasteiger partial charge in [-0.05, 0) is 26.0 Å². The van der Waals surface area contributed by atoms with Crippen molar-refractivity contribution in [2.45, 2.75) is 26.0 Å². The zero-order chi connectivity index (χ0) is 12.8. The molecule has 0 aliphatic carbocycles. The lowest BCUT2D eigenvalue weighted by Gasteiger charge is -2.16. The van der Waals surface area contributed by atoms with Gasteiger partial charge in [-0.3, -0.25) is 9.59 Å². The number of rotatable bonds is 5. The number of para-hydroxylation sites is 1. The molecule has 0 heterocycles. The van der Waals surface area contributed by atoms with Crippen molar-refractivity contribution >= 4 is 11.9 Å². The van der Waals surface area contributed by atoms with E-state index in [1.54, 1.807) is 31.2 Å². The highest BCUT2D eigenvalue weighted by molar-refractivity contribution is 5.85. The second-order valence-electron chi connectivity index (χ2n) is 3.64. The third-order valence-corrected chi connectivity index (χ3v) is 2.15. The number of carboxylic acids is 1. The lowest BCUT2D eigenvalue weighted by atomic mass is 10.3. The Balaban J connectivity index is 2.50. The molecule has 0 aliphatic heterocycles. The molecule has 0 spiro atoms. The van der Waals surface area contributed by atoms with E-state index in [0.29, 0.717) is 5.75 Å². The molecule has 5 heteroatoms. The van der Waals surface area contributed by atoms with Gasteiger partial charge in [0.25, 0.3) is 5.91 Å². The lowest BCUT2D eigenvalue weighted by molar-refractivity contribution is -0.142. The minimum Gasteiger partial charge on any atom is -0.481 e. The van der Waals surface area contributed by atoms with Gasteiger partial charge in [0.05, 0.1) is 0 Å². The number of hydrogen-bond acceptors (Lipinski definition) is 3. The Morgan fingerprint density at radius 3 is 2.35 bits per heavy atom. The minimum absolute atomic E-state index is 0.455. The topological polar surface area (TPSA) is 75.6 Å². The third kappa shape index (κ3) is 4.14. The number of carboxylic acid groups (broad SMARTS) is 1. The average Bonchev–Trinajstić information content (AvgIpc) is 2.29. The van der Waals surface area contributed by atoms with Crippen molar-refractivity contribution in [2.24, 2.45) is 0 Å². The van der Waals surface area contributed by atoms with E-state index in [9.17, 15) is 9.59 Å². The van der Waals surface area contributed by atoms with E-state index in [2.05, 4.69) is 5.32 Å². The van der Waals surface area contributed by atoms with Crippen LogP contribution in [0.25, 0.3) is 0 Å². The number of benzene rings is 1. The first-order valence-corrected chi connectivity index (χ1v) is 5.25. The number of aliphatic carboxylic acids is 1. The van der Waals surface area contributed by atoms with Crippen LogP contribution in [0.4, 0.5) is 0 Å². The van der Waals surface area contributed by atoms with Crippen molar-refractivity contribution in [2.75, 3.05) is 0 Å². The summed E-state index contributed by atoms with van der Waals surface area (Å²) in [5.41, 5.74) is 0. The van der Waals surface area contributed by atoms with Crippen LogP contribution in [0, 0.1) is 0 Å². The van der Waals surface area contributed by atoms with Gasteiger partial charge in [0, 0.05) is 0 Å². The molecule has 0 saturated carbocycles. The lowest BCUT2D eigenvalue weighted by Crippen LogP contribution is -2.44. The van der Waals surface area contributed by atoms with Crippen LogP contribution in [0.1, 0.15) is 13.8 Å². The summed E-state index contributed by atoms with van der Waals surface area (Å²) in [5.74, 6) is -0.966. The van der Waals surface area contributed by atoms with Gasteiger partial charge in [-0.2, -0.15) is 0 Å². The van der Waals surface area contributed by atoms with Crippen LogP contribution in [0.3, 0.4) is 0 Å². The molecule has 2 atom stereocenters. The fourth-order valence-corrected chi connectivity index (χ4v) is 1.15. The molecule has 0 saturated heterocycles. The summed E-state index contributed by atoms with van der Waals surface area (Å²) in [7, 11) is 0. The number of ether oxygens (including phenoxy) is 1. The smallest absolute Gasteiger partial charge is 0.325 e. The van der Waals surface area contributed by atoms with Crippen molar-refractivity contribution in [3.8, 4) is 5.75 Å². The van der Waals surface area contributed by atoms with Gasteiger partial charge in [0.15, 0.2) is 6.10 Å². The van der Waals surface area contributed by atoms with Gasteiger partial charge in [-0.25, -0.2) is 0 Å². The first-order valence-electron chi connectivity index (χ1n) is 5.25. The van der Waals surface area contributed by atoms with Gasteiger partial charge >= 0.3 is 5.97 Å². The van der Waals surface area contributed by atoms with Crippen LogP contribution in [0.5, 0.6) is 5.75 Å². The summed E-state index contributed by atoms with van der Waals surface area (Å²) in [6, 6.07) is 7.95. The second-order valence-corrected chi connectivity index (χ2v) is 3.64. The first kappa shape index (κ1) is 13.0. The van der Waals surface area contributed by atoms with Crippen LogP contribution in [0.15, 0.2) is 30.3 Å². The maximum atomic E-state index is 11.6. The number of carbonyl (C=O) groups excluding carboxylic acids is 1. The molecule has 92 valence electrons. The molecule has 2 N–H and O–H groups in total. The molecule has 0 aromatic heterocycles. The van der Waals surface area contributed by atoms with E-state index in [0.717, 1.165) is 0 Å². The molecule has 1 amide bonds. The van der Waals surface area contributed by atoms with E-state index in [1.165, 1.54) is 6.92 Å². The molecule has 0 unspecified atom stereocenters. The number of amides is 1. The van der Waals surface area contributed by atoms with Gasteiger partial charge in [0.2, 0.25) is 0 Å². The van der Waals surface area contributed by atoms with Crippen molar-refractivity contribution in [3.05, 3.63) is 30.3 Å². The predicted octanol–water partition coefficient (Wildman–Crippen LogP) is 1.04. The summed E-state index contributed by atoms with van der Waals surface area (Å²) >= 11 is 0. The Kier molecular flexibility index (Phi) is 4.51. The molecule has 1 rings (SSSR count). The van der Waals surface area contributed by atoms with E-state index in [1.807, 2.05) is 6.07 Å². The molecule has 0 bridgehead atoms. The highest BCUT2D eigenvalue weighted by Crippen LogP contribution is 2.10. The summed E-state index contributed by atoms with van der Waals surface area (Å²) in [4.78, 5) is 22.1. The summed E-state index contributed by atoms with van der Waals surface area (Å²) in [6.07, 6.45) is -0.737. The van der Waals surface area contributed by atoms with Gasteiger partial charge in [-0.1, -0.05) is 18.2 Å². The minimum atomic E-state index is -1.08. The maximum Gasteiger partial charge on any atom is 0.325 e. The second kappa shape index (κ2) is 5.89. The zero-order valence-corrected chi connectivity index (χ0v) is 9.71. The Morgan fingerprint density at radius 1 is 1.24 bits per heavy atom. The summed E-state index contributed by atoms with van der Waals surface area (Å²) < 4.78 is 5.35. The van der Waals surface area contributed by atoms with E-state index >= 15 is 0 Å². The van der Waals surface area contributed by atoms with Crippen LogP contribution in [-0.4, -0.2) is 29.1 Å². The zero-order valence-electron chi connectivity index (χ0n) is 9.71.